The van der Waals surface area contributed by atoms with Gasteiger partial charge in [0.05, 0.1) is 0 Å². The van der Waals surface area contributed by atoms with Gasteiger partial charge in [0.2, 0.25) is 5.91 Å². The Morgan fingerprint density at radius 2 is 1.86 bits per heavy atom. The van der Waals surface area contributed by atoms with Crippen molar-refractivity contribution in [1.82, 2.24) is 10.2 Å². The molecule has 0 radical (unpaired) electrons. The van der Waals surface area contributed by atoms with Crippen molar-refractivity contribution in [2.75, 3.05) is 30.9 Å². The van der Waals surface area contributed by atoms with Crippen molar-refractivity contribution in [2.45, 2.75) is 12.5 Å². The van der Waals surface area contributed by atoms with E-state index in [9.17, 15) is 14.4 Å². The molecule has 2 aromatic carbocycles. The van der Waals surface area contributed by atoms with E-state index in [2.05, 4.69) is 26.6 Å². The van der Waals surface area contributed by atoms with Gasteiger partial charge < -0.3 is 15.5 Å². The van der Waals surface area contributed by atoms with Gasteiger partial charge in [0.1, 0.15) is 12.1 Å². The van der Waals surface area contributed by atoms with E-state index < -0.39 is 23.4 Å². The number of hydrogen-bond acceptors (Lipinski definition) is 4. The number of carbonyl (C=O) groups excluding carboxylic acids is 3. The Morgan fingerprint density at radius 3 is 2.46 bits per heavy atom. The van der Waals surface area contributed by atoms with Crippen LogP contribution < -0.4 is 15.5 Å². The lowest BCUT2D eigenvalue weighted by Gasteiger charge is -2.22. The van der Waals surface area contributed by atoms with E-state index in [0.717, 1.165) is 15.1 Å². The number of nitrogens with one attached hydrogen (secondary N) is 2. The Balaban J connectivity index is 1.71. The lowest BCUT2D eigenvalue weighted by Crippen LogP contribution is -2.42. The number of amides is 4. The minimum absolute atomic E-state index is 0.357. The normalized spacial score (nSPS) is 18.8. The van der Waals surface area contributed by atoms with Crippen LogP contribution in [0.5, 0.6) is 0 Å². The second-order valence-electron chi connectivity index (χ2n) is 6.95. The fourth-order valence-corrected chi connectivity index (χ4v) is 3.42. The molecule has 0 spiro atoms. The lowest BCUT2D eigenvalue weighted by atomic mass is 9.92. The molecule has 1 fully saturated rings. The second kappa shape index (κ2) is 7.63. The number of halogens is 1. The molecule has 4 amide bonds. The number of nitrogens with zero attached hydrogens (tertiary/aromatic N) is 2. The molecule has 2 N–H and O–H groups in total. The van der Waals surface area contributed by atoms with Crippen LogP contribution in [0.2, 0.25) is 0 Å². The zero-order chi connectivity index (χ0) is 20.5. The van der Waals surface area contributed by atoms with Crippen molar-refractivity contribution in [2.24, 2.45) is 0 Å². The van der Waals surface area contributed by atoms with Crippen molar-refractivity contribution in [3.05, 3.63) is 58.6 Å². The monoisotopic (exact) mass is 444 g/mol. The van der Waals surface area contributed by atoms with Crippen molar-refractivity contribution >= 4 is 45.2 Å². The highest BCUT2D eigenvalue weighted by Gasteiger charge is 2.49. The van der Waals surface area contributed by atoms with Crippen molar-refractivity contribution in [3.63, 3.8) is 0 Å². The molecule has 1 aliphatic heterocycles. The van der Waals surface area contributed by atoms with Crippen molar-refractivity contribution in [3.8, 4) is 0 Å². The van der Waals surface area contributed by atoms with E-state index in [1.807, 2.05) is 37.2 Å². The summed E-state index contributed by atoms with van der Waals surface area (Å²) in [7, 11) is 3.85. The SMILES string of the molecule is CN(C)c1ccc(NC(=O)CN2C(=O)NC(C)(c3cccc(Br)c3)C2=O)cc1. The van der Waals surface area contributed by atoms with Crippen LogP contribution in [0.4, 0.5) is 16.2 Å². The van der Waals surface area contributed by atoms with E-state index in [0.29, 0.717) is 11.3 Å². The second-order valence-corrected chi connectivity index (χ2v) is 7.86. The average Bonchev–Trinajstić information content (AvgIpc) is 2.86. The maximum Gasteiger partial charge on any atom is 0.325 e. The maximum atomic E-state index is 12.9. The first kappa shape index (κ1) is 19.9. The summed E-state index contributed by atoms with van der Waals surface area (Å²) in [6, 6.07) is 13.8. The summed E-state index contributed by atoms with van der Waals surface area (Å²) in [6.07, 6.45) is 0. The number of benzene rings is 2. The highest BCUT2D eigenvalue weighted by Crippen LogP contribution is 2.30. The number of imide groups is 1. The van der Waals surface area contributed by atoms with Gasteiger partial charge in [-0.25, -0.2) is 4.79 Å². The fourth-order valence-electron chi connectivity index (χ4n) is 3.02. The summed E-state index contributed by atoms with van der Waals surface area (Å²) in [5.41, 5.74) is 1.02. The van der Waals surface area contributed by atoms with Gasteiger partial charge in [-0.3, -0.25) is 14.5 Å². The van der Waals surface area contributed by atoms with Gasteiger partial charge in [-0.05, 0) is 48.9 Å². The average molecular weight is 445 g/mol. The summed E-state index contributed by atoms with van der Waals surface area (Å²) < 4.78 is 0.797. The van der Waals surface area contributed by atoms with Crippen LogP contribution >= 0.6 is 15.9 Å². The van der Waals surface area contributed by atoms with Gasteiger partial charge in [-0.15, -0.1) is 0 Å². The molecular weight excluding hydrogens is 424 g/mol. The zero-order valence-electron chi connectivity index (χ0n) is 15.8. The molecule has 28 heavy (non-hydrogen) atoms. The van der Waals surface area contributed by atoms with Crippen LogP contribution in [0.15, 0.2) is 53.0 Å². The smallest absolute Gasteiger partial charge is 0.325 e. The molecule has 1 unspecified atom stereocenters. The molecule has 0 saturated carbocycles. The largest absolute Gasteiger partial charge is 0.378 e. The quantitative estimate of drug-likeness (QED) is 0.694. The van der Waals surface area contributed by atoms with Crippen LogP contribution in [0.3, 0.4) is 0 Å². The molecule has 8 heteroatoms. The van der Waals surface area contributed by atoms with Gasteiger partial charge in [-0.1, -0.05) is 28.1 Å². The molecule has 0 aliphatic carbocycles. The van der Waals surface area contributed by atoms with Crippen LogP contribution in [0.1, 0.15) is 12.5 Å². The summed E-state index contributed by atoms with van der Waals surface area (Å²) in [5, 5.41) is 5.41. The first-order chi connectivity index (χ1) is 13.2. The molecule has 1 saturated heterocycles. The van der Waals surface area contributed by atoms with Gasteiger partial charge >= 0.3 is 6.03 Å². The van der Waals surface area contributed by atoms with Crippen LogP contribution in [0, 0.1) is 0 Å². The van der Waals surface area contributed by atoms with E-state index in [1.54, 1.807) is 37.3 Å². The van der Waals surface area contributed by atoms with Gasteiger partial charge in [0.15, 0.2) is 0 Å². The van der Waals surface area contributed by atoms with Gasteiger partial charge in [0.25, 0.3) is 5.91 Å². The summed E-state index contributed by atoms with van der Waals surface area (Å²) in [6.45, 7) is 1.27. The molecule has 2 aromatic rings. The maximum absolute atomic E-state index is 12.9. The first-order valence-electron chi connectivity index (χ1n) is 8.68. The number of rotatable bonds is 5. The molecule has 3 rings (SSSR count). The third-order valence-electron chi connectivity index (χ3n) is 4.65. The van der Waals surface area contributed by atoms with Crippen molar-refractivity contribution < 1.29 is 14.4 Å². The predicted molar refractivity (Wildman–Crippen MR) is 111 cm³/mol. The van der Waals surface area contributed by atoms with E-state index in [1.165, 1.54) is 0 Å². The highest BCUT2D eigenvalue weighted by atomic mass is 79.9. The summed E-state index contributed by atoms with van der Waals surface area (Å²) in [5.74, 6) is -0.909. The summed E-state index contributed by atoms with van der Waals surface area (Å²) >= 11 is 3.37. The minimum atomic E-state index is -1.21. The fraction of sp³-hybridized carbons (Fsp3) is 0.250. The Bertz CT molecular complexity index is 929. The van der Waals surface area contributed by atoms with Crippen LogP contribution in [0.25, 0.3) is 0 Å². The van der Waals surface area contributed by atoms with Crippen LogP contribution in [-0.4, -0.2) is 43.4 Å². The molecular formula is C20H21BrN4O3. The lowest BCUT2D eigenvalue weighted by molar-refractivity contribution is -0.133. The van der Waals surface area contributed by atoms with Crippen molar-refractivity contribution in [1.29, 1.82) is 0 Å². The van der Waals surface area contributed by atoms with Gasteiger partial charge in [-0.2, -0.15) is 0 Å². The topological polar surface area (TPSA) is 81.8 Å². The number of urea groups is 1. The molecule has 0 aromatic heterocycles. The Kier molecular flexibility index (Phi) is 5.42. The first-order valence-corrected chi connectivity index (χ1v) is 9.47. The third kappa shape index (κ3) is 3.87. The Morgan fingerprint density at radius 1 is 1.18 bits per heavy atom. The van der Waals surface area contributed by atoms with E-state index in [-0.39, 0.29) is 6.54 Å². The Hall–Kier alpha value is -2.87. The molecule has 1 aliphatic rings. The van der Waals surface area contributed by atoms with E-state index >= 15 is 0 Å². The molecule has 1 heterocycles. The Labute approximate surface area is 171 Å². The molecule has 146 valence electrons. The highest BCUT2D eigenvalue weighted by molar-refractivity contribution is 9.10. The van der Waals surface area contributed by atoms with Crippen LogP contribution in [-0.2, 0) is 15.1 Å². The molecule has 0 bridgehead atoms. The third-order valence-corrected chi connectivity index (χ3v) is 5.14. The standard InChI is InChI=1S/C20H21BrN4O3/c1-20(13-5-4-6-14(21)11-13)18(27)25(19(28)23-20)12-17(26)22-15-7-9-16(10-8-15)24(2)3/h4-11H,12H2,1-3H3,(H,22,26)(H,23,28). The summed E-state index contributed by atoms with van der Waals surface area (Å²) in [4.78, 5) is 40.5. The predicted octanol–water partition coefficient (Wildman–Crippen LogP) is 2.92. The number of anilines is 2. The van der Waals surface area contributed by atoms with Gasteiger partial charge in [0, 0.05) is 29.9 Å². The number of carbonyl (C=O) groups is 3. The molecule has 7 nitrogen and oxygen atoms in total. The number of hydrogen-bond donors (Lipinski definition) is 2. The zero-order valence-corrected chi connectivity index (χ0v) is 17.4. The molecule has 1 atom stereocenters. The minimum Gasteiger partial charge on any atom is -0.378 e. The van der Waals surface area contributed by atoms with E-state index in [4.69, 9.17) is 0 Å².